The molecule has 78 valence electrons. The molecule has 0 aliphatic carbocycles. The Bertz CT molecular complexity index is 436. The van der Waals surface area contributed by atoms with Gasteiger partial charge in [0.25, 0.3) is 0 Å². The Morgan fingerprint density at radius 2 is 2.33 bits per heavy atom. The second kappa shape index (κ2) is 4.39. The molecule has 0 aromatic carbocycles. The van der Waals surface area contributed by atoms with Gasteiger partial charge in [-0.05, 0) is 28.1 Å². The molecule has 0 bridgehead atoms. The summed E-state index contributed by atoms with van der Waals surface area (Å²) in [7, 11) is 1.91. The van der Waals surface area contributed by atoms with Gasteiger partial charge in [-0.15, -0.1) is 10.2 Å². The van der Waals surface area contributed by atoms with Crippen LogP contribution in [-0.4, -0.2) is 19.7 Å². The molecule has 0 unspecified atom stereocenters. The van der Waals surface area contributed by atoms with Crippen molar-refractivity contribution in [2.45, 2.75) is 6.54 Å². The highest BCUT2D eigenvalue weighted by Crippen LogP contribution is 2.10. The Labute approximate surface area is 95.7 Å². The quantitative estimate of drug-likeness (QED) is 0.918. The number of hydrogen-bond acceptors (Lipinski definition) is 4. The highest BCUT2D eigenvalue weighted by molar-refractivity contribution is 9.10. The molecule has 0 aliphatic heterocycles. The van der Waals surface area contributed by atoms with Crippen LogP contribution in [0.2, 0.25) is 0 Å². The zero-order valence-corrected chi connectivity index (χ0v) is 9.77. The largest absolute Gasteiger partial charge is 0.363 e. The Balaban J connectivity index is 1.99. The molecular formula is C9H10BrN5. The maximum Gasteiger partial charge on any atom is 0.151 e. The fraction of sp³-hybridized carbons (Fsp3) is 0.222. The van der Waals surface area contributed by atoms with Crippen molar-refractivity contribution in [3.63, 3.8) is 0 Å². The van der Waals surface area contributed by atoms with Crippen molar-refractivity contribution < 1.29 is 0 Å². The first-order chi connectivity index (χ1) is 7.25. The van der Waals surface area contributed by atoms with Crippen LogP contribution in [0.5, 0.6) is 0 Å². The molecular weight excluding hydrogens is 258 g/mol. The van der Waals surface area contributed by atoms with Crippen molar-refractivity contribution >= 4 is 21.7 Å². The number of rotatable bonds is 3. The Morgan fingerprint density at radius 1 is 1.47 bits per heavy atom. The highest BCUT2D eigenvalue weighted by atomic mass is 79.9. The van der Waals surface area contributed by atoms with Crippen molar-refractivity contribution in [2.24, 2.45) is 7.05 Å². The number of hydrogen-bond donors (Lipinski definition) is 1. The molecule has 0 amide bonds. The monoisotopic (exact) mass is 267 g/mol. The van der Waals surface area contributed by atoms with Gasteiger partial charge in [0.2, 0.25) is 0 Å². The van der Waals surface area contributed by atoms with Crippen LogP contribution in [0.3, 0.4) is 0 Å². The topological polar surface area (TPSA) is 55.6 Å². The number of anilines is 1. The van der Waals surface area contributed by atoms with Crippen molar-refractivity contribution in [3.8, 4) is 0 Å². The number of nitrogens with zero attached hydrogens (tertiary/aromatic N) is 4. The smallest absolute Gasteiger partial charge is 0.151 e. The van der Waals surface area contributed by atoms with Crippen LogP contribution in [0.25, 0.3) is 0 Å². The second-order valence-electron chi connectivity index (χ2n) is 3.07. The van der Waals surface area contributed by atoms with Gasteiger partial charge in [0, 0.05) is 17.7 Å². The lowest BCUT2D eigenvalue weighted by molar-refractivity contribution is 0.810. The van der Waals surface area contributed by atoms with Crippen molar-refractivity contribution in [2.75, 3.05) is 5.32 Å². The molecule has 2 aromatic rings. The average molecular weight is 268 g/mol. The van der Waals surface area contributed by atoms with E-state index in [1.165, 1.54) is 0 Å². The standard InChI is InChI=1S/C9H10BrN5/c1-15-6-13-14-9(15)5-12-8-3-2-7(10)4-11-8/h2-4,6H,5H2,1H3,(H,11,12). The van der Waals surface area contributed by atoms with E-state index in [1.54, 1.807) is 12.5 Å². The van der Waals surface area contributed by atoms with Gasteiger partial charge in [-0.3, -0.25) is 0 Å². The van der Waals surface area contributed by atoms with Crippen LogP contribution in [0.4, 0.5) is 5.82 Å². The lowest BCUT2D eigenvalue weighted by Crippen LogP contribution is -2.06. The molecule has 2 heterocycles. The first-order valence-corrected chi connectivity index (χ1v) is 5.23. The fourth-order valence-corrected chi connectivity index (χ4v) is 1.35. The van der Waals surface area contributed by atoms with E-state index in [4.69, 9.17) is 0 Å². The summed E-state index contributed by atoms with van der Waals surface area (Å²) in [6.07, 6.45) is 3.42. The van der Waals surface area contributed by atoms with Crippen LogP contribution in [0.15, 0.2) is 29.1 Å². The summed E-state index contributed by atoms with van der Waals surface area (Å²) in [5, 5.41) is 10.9. The molecule has 0 aliphatic rings. The van der Waals surface area contributed by atoms with Gasteiger partial charge in [0.1, 0.15) is 12.1 Å². The van der Waals surface area contributed by atoms with Crippen molar-refractivity contribution in [3.05, 3.63) is 35.0 Å². The summed E-state index contributed by atoms with van der Waals surface area (Å²) in [5.41, 5.74) is 0. The van der Waals surface area contributed by atoms with Crippen LogP contribution < -0.4 is 5.32 Å². The normalized spacial score (nSPS) is 10.3. The maximum atomic E-state index is 4.19. The predicted molar refractivity (Wildman–Crippen MR) is 60.3 cm³/mol. The van der Waals surface area contributed by atoms with Crippen LogP contribution in [0.1, 0.15) is 5.82 Å². The zero-order valence-electron chi connectivity index (χ0n) is 8.18. The second-order valence-corrected chi connectivity index (χ2v) is 3.99. The third-order valence-corrected chi connectivity index (χ3v) is 2.43. The summed E-state index contributed by atoms with van der Waals surface area (Å²) >= 11 is 3.33. The summed E-state index contributed by atoms with van der Waals surface area (Å²) in [5.74, 6) is 1.70. The molecule has 5 nitrogen and oxygen atoms in total. The van der Waals surface area contributed by atoms with Gasteiger partial charge in [0.15, 0.2) is 5.82 Å². The van der Waals surface area contributed by atoms with Crippen molar-refractivity contribution in [1.29, 1.82) is 0 Å². The van der Waals surface area contributed by atoms with Crippen LogP contribution >= 0.6 is 15.9 Å². The van der Waals surface area contributed by atoms with E-state index in [9.17, 15) is 0 Å². The lowest BCUT2D eigenvalue weighted by Gasteiger charge is -2.04. The summed E-state index contributed by atoms with van der Waals surface area (Å²) < 4.78 is 2.83. The summed E-state index contributed by atoms with van der Waals surface area (Å²) in [6.45, 7) is 0.616. The zero-order chi connectivity index (χ0) is 10.7. The van der Waals surface area contributed by atoms with E-state index in [0.717, 1.165) is 16.1 Å². The van der Waals surface area contributed by atoms with E-state index < -0.39 is 0 Å². The molecule has 0 radical (unpaired) electrons. The van der Waals surface area contributed by atoms with E-state index in [2.05, 4.69) is 36.4 Å². The van der Waals surface area contributed by atoms with E-state index in [-0.39, 0.29) is 0 Å². The Kier molecular flexibility index (Phi) is 2.96. The van der Waals surface area contributed by atoms with E-state index in [0.29, 0.717) is 6.54 Å². The molecule has 0 atom stereocenters. The van der Waals surface area contributed by atoms with Crippen molar-refractivity contribution in [1.82, 2.24) is 19.7 Å². The Hall–Kier alpha value is -1.43. The van der Waals surface area contributed by atoms with Gasteiger partial charge in [-0.2, -0.15) is 0 Å². The lowest BCUT2D eigenvalue weighted by atomic mass is 10.4. The minimum Gasteiger partial charge on any atom is -0.363 e. The number of aromatic nitrogens is 4. The van der Waals surface area contributed by atoms with E-state index in [1.807, 2.05) is 23.7 Å². The Morgan fingerprint density at radius 3 is 2.93 bits per heavy atom. The van der Waals surface area contributed by atoms with Gasteiger partial charge in [-0.25, -0.2) is 4.98 Å². The molecule has 6 heteroatoms. The molecule has 2 aromatic heterocycles. The van der Waals surface area contributed by atoms with Crippen LogP contribution in [0, 0.1) is 0 Å². The first-order valence-electron chi connectivity index (χ1n) is 4.44. The minimum atomic E-state index is 0.616. The fourth-order valence-electron chi connectivity index (χ4n) is 1.12. The SMILES string of the molecule is Cn1cnnc1CNc1ccc(Br)cn1. The van der Waals surface area contributed by atoms with Gasteiger partial charge in [0.05, 0.1) is 6.54 Å². The number of aryl methyl sites for hydroxylation is 1. The number of pyridine rings is 1. The first kappa shape index (κ1) is 10.1. The third-order valence-electron chi connectivity index (χ3n) is 1.96. The minimum absolute atomic E-state index is 0.616. The molecule has 0 fully saturated rings. The van der Waals surface area contributed by atoms with Gasteiger partial charge in [-0.1, -0.05) is 0 Å². The number of nitrogens with one attached hydrogen (secondary N) is 1. The molecule has 15 heavy (non-hydrogen) atoms. The molecule has 0 saturated heterocycles. The van der Waals surface area contributed by atoms with Gasteiger partial charge >= 0.3 is 0 Å². The predicted octanol–water partition coefficient (Wildman–Crippen LogP) is 1.58. The average Bonchev–Trinajstić information content (AvgIpc) is 2.63. The van der Waals surface area contributed by atoms with E-state index >= 15 is 0 Å². The summed E-state index contributed by atoms with van der Waals surface area (Å²) in [4.78, 5) is 4.19. The third kappa shape index (κ3) is 2.53. The van der Waals surface area contributed by atoms with Crippen LogP contribution in [-0.2, 0) is 13.6 Å². The highest BCUT2D eigenvalue weighted by Gasteiger charge is 2.00. The number of halogens is 1. The van der Waals surface area contributed by atoms with Gasteiger partial charge < -0.3 is 9.88 Å². The molecule has 0 spiro atoms. The molecule has 1 N–H and O–H groups in total. The summed E-state index contributed by atoms with van der Waals surface area (Å²) in [6, 6.07) is 3.84. The maximum absolute atomic E-state index is 4.19. The molecule has 2 rings (SSSR count). The molecule has 0 saturated carbocycles.